The van der Waals surface area contributed by atoms with Crippen molar-refractivity contribution >= 4 is 52.5 Å². The van der Waals surface area contributed by atoms with Gasteiger partial charge in [-0.1, -0.05) is 23.7 Å². The molecule has 0 saturated carbocycles. The number of amides is 2. The van der Waals surface area contributed by atoms with Crippen molar-refractivity contribution in [2.75, 3.05) is 18.6 Å². The molecule has 9 heteroatoms. The van der Waals surface area contributed by atoms with E-state index >= 15 is 0 Å². The molecule has 132 valence electrons. The summed E-state index contributed by atoms with van der Waals surface area (Å²) in [6.07, 6.45) is 2.42. The van der Waals surface area contributed by atoms with E-state index < -0.39 is 11.9 Å². The molecule has 0 unspecified atom stereocenters. The summed E-state index contributed by atoms with van der Waals surface area (Å²) >= 11 is 12.6. The summed E-state index contributed by atoms with van der Waals surface area (Å²) < 4.78 is 0. The third-order valence-electron chi connectivity index (χ3n) is 2.99. The van der Waals surface area contributed by atoms with Crippen LogP contribution in [0.15, 0.2) is 24.3 Å². The second-order valence-corrected chi connectivity index (χ2v) is 6.56. The normalized spacial score (nSPS) is 11.3. The Bertz CT molecular complexity index is 586. The SMILES string of the molecule is CCNC(=S)NNC(=O)[C@H](CCSC)NC(=O)c1ccccc1Cl. The first-order valence-corrected chi connectivity index (χ1v) is 9.55. The minimum atomic E-state index is -0.696. The van der Waals surface area contributed by atoms with Crippen LogP contribution in [0.1, 0.15) is 23.7 Å². The maximum absolute atomic E-state index is 12.3. The third kappa shape index (κ3) is 6.94. The van der Waals surface area contributed by atoms with Gasteiger partial charge in [0.1, 0.15) is 6.04 Å². The Hall–Kier alpha value is -1.51. The summed E-state index contributed by atoms with van der Waals surface area (Å²) in [5.41, 5.74) is 5.43. The van der Waals surface area contributed by atoms with Gasteiger partial charge in [-0.3, -0.25) is 20.4 Å². The molecule has 0 heterocycles. The van der Waals surface area contributed by atoms with E-state index in [2.05, 4.69) is 21.5 Å². The van der Waals surface area contributed by atoms with E-state index in [0.717, 1.165) is 5.75 Å². The highest BCUT2D eigenvalue weighted by Gasteiger charge is 2.22. The van der Waals surface area contributed by atoms with Gasteiger partial charge in [-0.05, 0) is 49.7 Å². The zero-order chi connectivity index (χ0) is 17.9. The molecule has 0 bridgehead atoms. The van der Waals surface area contributed by atoms with E-state index in [9.17, 15) is 9.59 Å². The smallest absolute Gasteiger partial charge is 0.260 e. The number of thiocarbonyl (C=S) groups is 1. The maximum atomic E-state index is 12.3. The molecule has 0 aliphatic heterocycles. The molecule has 1 aromatic rings. The number of hydrazine groups is 1. The van der Waals surface area contributed by atoms with Crippen molar-refractivity contribution in [3.8, 4) is 0 Å². The highest BCUT2D eigenvalue weighted by molar-refractivity contribution is 7.98. The molecule has 0 saturated heterocycles. The van der Waals surface area contributed by atoms with Crippen LogP contribution in [-0.2, 0) is 4.79 Å². The van der Waals surface area contributed by atoms with Crippen molar-refractivity contribution in [3.05, 3.63) is 34.9 Å². The lowest BCUT2D eigenvalue weighted by Crippen LogP contribution is -2.54. The molecule has 4 N–H and O–H groups in total. The van der Waals surface area contributed by atoms with Gasteiger partial charge in [0.25, 0.3) is 11.8 Å². The van der Waals surface area contributed by atoms with E-state index in [1.807, 2.05) is 13.2 Å². The fourth-order valence-corrected chi connectivity index (χ4v) is 2.68. The van der Waals surface area contributed by atoms with Crippen LogP contribution in [-0.4, -0.2) is 41.5 Å². The summed E-state index contributed by atoms with van der Waals surface area (Å²) in [6, 6.07) is 6.00. The van der Waals surface area contributed by atoms with Crippen LogP contribution in [0.5, 0.6) is 0 Å². The summed E-state index contributed by atoms with van der Waals surface area (Å²) in [6.45, 7) is 2.53. The van der Waals surface area contributed by atoms with Gasteiger partial charge in [0, 0.05) is 6.54 Å². The number of hydrogen-bond acceptors (Lipinski definition) is 4. The Morgan fingerprint density at radius 3 is 2.62 bits per heavy atom. The monoisotopic (exact) mass is 388 g/mol. The summed E-state index contributed by atoms with van der Waals surface area (Å²) in [4.78, 5) is 24.6. The first kappa shape index (κ1) is 20.5. The van der Waals surface area contributed by atoms with E-state index in [1.54, 1.807) is 36.0 Å². The predicted molar refractivity (Wildman–Crippen MR) is 103 cm³/mol. The van der Waals surface area contributed by atoms with Gasteiger partial charge in [0.05, 0.1) is 10.6 Å². The summed E-state index contributed by atoms with van der Waals surface area (Å²) in [5, 5.41) is 6.22. The topological polar surface area (TPSA) is 82.3 Å². The Kier molecular flexibility index (Phi) is 9.51. The average molecular weight is 389 g/mol. The van der Waals surface area contributed by atoms with E-state index in [0.29, 0.717) is 28.7 Å². The molecule has 24 heavy (non-hydrogen) atoms. The van der Waals surface area contributed by atoms with Crippen LogP contribution in [0.4, 0.5) is 0 Å². The minimum absolute atomic E-state index is 0.312. The maximum Gasteiger partial charge on any atom is 0.260 e. The number of benzene rings is 1. The summed E-state index contributed by atoms with van der Waals surface area (Å²) in [7, 11) is 0. The standard InChI is InChI=1S/C15H21ClN4O2S2/c1-3-17-15(23)20-19-14(22)12(8-9-24-2)18-13(21)10-6-4-5-7-11(10)16/h4-7,12H,3,8-9H2,1-2H3,(H,18,21)(H,19,22)(H2,17,20,23)/t12-/m0/s1. The number of thioether (sulfide) groups is 1. The third-order valence-corrected chi connectivity index (χ3v) is 4.21. The molecule has 0 aliphatic carbocycles. The largest absolute Gasteiger partial charge is 0.362 e. The highest BCUT2D eigenvalue weighted by Crippen LogP contribution is 2.15. The zero-order valence-corrected chi connectivity index (χ0v) is 15.9. The van der Waals surface area contributed by atoms with Gasteiger partial charge in [0.15, 0.2) is 5.11 Å². The quantitative estimate of drug-likeness (QED) is 0.420. The second-order valence-electron chi connectivity index (χ2n) is 4.76. The predicted octanol–water partition coefficient (Wildman–Crippen LogP) is 1.71. The van der Waals surface area contributed by atoms with Gasteiger partial charge in [0.2, 0.25) is 0 Å². The number of nitrogens with one attached hydrogen (secondary N) is 4. The molecule has 0 aromatic heterocycles. The van der Waals surface area contributed by atoms with Crippen LogP contribution in [0.2, 0.25) is 5.02 Å². The Morgan fingerprint density at radius 2 is 2.00 bits per heavy atom. The Labute approximate surface area is 156 Å². The average Bonchev–Trinajstić information content (AvgIpc) is 2.56. The van der Waals surface area contributed by atoms with E-state index in [-0.39, 0.29) is 5.91 Å². The highest BCUT2D eigenvalue weighted by atomic mass is 35.5. The van der Waals surface area contributed by atoms with Gasteiger partial charge < -0.3 is 10.6 Å². The van der Waals surface area contributed by atoms with Crippen molar-refractivity contribution in [1.29, 1.82) is 0 Å². The molecule has 0 fully saturated rings. The fourth-order valence-electron chi connectivity index (χ4n) is 1.80. The second kappa shape index (κ2) is 11.1. The van der Waals surface area contributed by atoms with Crippen LogP contribution in [0, 0.1) is 0 Å². The fraction of sp³-hybridized carbons (Fsp3) is 0.400. The van der Waals surface area contributed by atoms with E-state index in [1.165, 1.54) is 0 Å². The Balaban J connectivity index is 2.70. The molecule has 0 spiro atoms. The van der Waals surface area contributed by atoms with E-state index in [4.69, 9.17) is 23.8 Å². The number of carbonyl (C=O) groups is 2. The minimum Gasteiger partial charge on any atom is -0.362 e. The zero-order valence-electron chi connectivity index (χ0n) is 13.5. The van der Waals surface area contributed by atoms with Crippen LogP contribution >= 0.6 is 35.6 Å². The number of hydrogen-bond donors (Lipinski definition) is 4. The Morgan fingerprint density at radius 1 is 1.29 bits per heavy atom. The van der Waals surface area contributed by atoms with Crippen molar-refractivity contribution in [2.45, 2.75) is 19.4 Å². The van der Waals surface area contributed by atoms with Crippen molar-refractivity contribution in [3.63, 3.8) is 0 Å². The van der Waals surface area contributed by atoms with Gasteiger partial charge in [-0.15, -0.1) is 0 Å². The molecular weight excluding hydrogens is 368 g/mol. The number of halogens is 1. The number of carbonyl (C=O) groups excluding carboxylic acids is 2. The lowest BCUT2D eigenvalue weighted by molar-refractivity contribution is -0.123. The summed E-state index contributed by atoms with van der Waals surface area (Å²) in [5.74, 6) is -0.0424. The van der Waals surface area contributed by atoms with Crippen LogP contribution in [0.25, 0.3) is 0 Å². The molecular formula is C15H21ClN4O2S2. The van der Waals surface area contributed by atoms with Crippen molar-refractivity contribution < 1.29 is 9.59 Å². The van der Waals surface area contributed by atoms with Gasteiger partial charge >= 0.3 is 0 Å². The molecule has 6 nitrogen and oxygen atoms in total. The first-order valence-electron chi connectivity index (χ1n) is 7.37. The molecule has 0 radical (unpaired) electrons. The lowest BCUT2D eigenvalue weighted by Gasteiger charge is -2.19. The van der Waals surface area contributed by atoms with Crippen molar-refractivity contribution in [2.24, 2.45) is 0 Å². The molecule has 1 aromatic carbocycles. The van der Waals surface area contributed by atoms with Crippen molar-refractivity contribution in [1.82, 2.24) is 21.5 Å². The first-order chi connectivity index (χ1) is 11.5. The van der Waals surface area contributed by atoms with Crippen LogP contribution in [0.3, 0.4) is 0 Å². The van der Waals surface area contributed by atoms with Gasteiger partial charge in [-0.2, -0.15) is 11.8 Å². The van der Waals surface area contributed by atoms with Crippen LogP contribution < -0.4 is 21.5 Å². The lowest BCUT2D eigenvalue weighted by atomic mass is 10.1. The molecule has 0 aliphatic rings. The molecule has 1 atom stereocenters. The molecule has 1 rings (SSSR count). The number of rotatable bonds is 7. The van der Waals surface area contributed by atoms with Gasteiger partial charge in [-0.25, -0.2) is 0 Å². The molecule has 2 amide bonds.